The maximum absolute atomic E-state index is 12.5. The second-order valence-corrected chi connectivity index (χ2v) is 8.03. The van der Waals surface area contributed by atoms with Crippen LogP contribution in [0.3, 0.4) is 0 Å². The van der Waals surface area contributed by atoms with Crippen molar-refractivity contribution in [2.75, 3.05) is 26.2 Å². The van der Waals surface area contributed by atoms with Gasteiger partial charge in [-0.25, -0.2) is 0 Å². The standard InChI is InChI=1S/C13H25N3O3S/c1-11-2-6-15(7-3-11)20(18,19)16-8-4-12(5-9-16)10-13(14)17/h11-12H,2-10H2,1H3,(H2,14,17). The molecule has 0 aromatic carbocycles. The van der Waals surface area contributed by atoms with Gasteiger partial charge in [-0.15, -0.1) is 0 Å². The van der Waals surface area contributed by atoms with Crippen molar-refractivity contribution in [2.45, 2.75) is 39.0 Å². The van der Waals surface area contributed by atoms with Crippen LogP contribution in [0.1, 0.15) is 39.0 Å². The Morgan fingerprint density at radius 2 is 1.50 bits per heavy atom. The number of hydrogen-bond donors (Lipinski definition) is 1. The zero-order valence-electron chi connectivity index (χ0n) is 12.1. The van der Waals surface area contributed by atoms with Crippen molar-refractivity contribution in [3.8, 4) is 0 Å². The van der Waals surface area contributed by atoms with Crippen molar-refractivity contribution in [1.82, 2.24) is 8.61 Å². The number of carbonyl (C=O) groups excluding carboxylic acids is 1. The van der Waals surface area contributed by atoms with Gasteiger partial charge < -0.3 is 5.73 Å². The summed E-state index contributed by atoms with van der Waals surface area (Å²) in [5.74, 6) is 0.555. The van der Waals surface area contributed by atoms with Gasteiger partial charge in [0, 0.05) is 32.6 Å². The summed E-state index contributed by atoms with van der Waals surface area (Å²) in [7, 11) is -3.31. The highest BCUT2D eigenvalue weighted by molar-refractivity contribution is 7.86. The quantitative estimate of drug-likeness (QED) is 0.823. The molecule has 0 aromatic heterocycles. The fourth-order valence-electron chi connectivity index (χ4n) is 3.01. The Kier molecular flexibility index (Phi) is 5.04. The topological polar surface area (TPSA) is 83.7 Å². The molecule has 0 saturated carbocycles. The molecule has 0 aliphatic carbocycles. The first-order chi connectivity index (χ1) is 9.39. The number of rotatable bonds is 4. The summed E-state index contributed by atoms with van der Waals surface area (Å²) in [6, 6.07) is 0. The van der Waals surface area contributed by atoms with E-state index in [4.69, 9.17) is 5.73 Å². The van der Waals surface area contributed by atoms with E-state index in [2.05, 4.69) is 6.92 Å². The van der Waals surface area contributed by atoms with Crippen LogP contribution in [-0.2, 0) is 15.0 Å². The number of piperidine rings is 2. The van der Waals surface area contributed by atoms with E-state index in [0.717, 1.165) is 25.7 Å². The van der Waals surface area contributed by atoms with Crippen LogP contribution in [0.4, 0.5) is 0 Å². The fourth-order valence-corrected chi connectivity index (χ4v) is 4.68. The van der Waals surface area contributed by atoms with Gasteiger partial charge in [-0.05, 0) is 37.5 Å². The Labute approximate surface area is 121 Å². The molecule has 0 atom stereocenters. The zero-order chi connectivity index (χ0) is 14.8. The molecule has 116 valence electrons. The highest BCUT2D eigenvalue weighted by Crippen LogP contribution is 2.26. The van der Waals surface area contributed by atoms with E-state index in [0.29, 0.717) is 38.5 Å². The highest BCUT2D eigenvalue weighted by Gasteiger charge is 2.34. The zero-order valence-corrected chi connectivity index (χ0v) is 12.9. The molecule has 0 radical (unpaired) electrons. The monoisotopic (exact) mass is 303 g/mol. The number of hydrogen-bond acceptors (Lipinski definition) is 3. The smallest absolute Gasteiger partial charge is 0.281 e. The van der Waals surface area contributed by atoms with Crippen LogP contribution < -0.4 is 5.73 Å². The van der Waals surface area contributed by atoms with E-state index in [1.165, 1.54) is 0 Å². The third-order valence-corrected chi connectivity index (χ3v) is 6.49. The molecule has 20 heavy (non-hydrogen) atoms. The molecule has 2 rings (SSSR count). The van der Waals surface area contributed by atoms with Gasteiger partial charge in [-0.3, -0.25) is 4.79 Å². The van der Waals surface area contributed by atoms with Gasteiger partial charge in [-0.1, -0.05) is 6.92 Å². The first kappa shape index (κ1) is 15.7. The van der Waals surface area contributed by atoms with Crippen molar-refractivity contribution >= 4 is 16.1 Å². The van der Waals surface area contributed by atoms with Gasteiger partial charge in [0.25, 0.3) is 10.2 Å². The molecule has 6 nitrogen and oxygen atoms in total. The lowest BCUT2D eigenvalue weighted by Crippen LogP contribution is -2.49. The molecule has 2 aliphatic heterocycles. The molecule has 0 bridgehead atoms. The summed E-state index contributed by atoms with van der Waals surface area (Å²) >= 11 is 0. The summed E-state index contributed by atoms with van der Waals surface area (Å²) in [5, 5.41) is 0. The van der Waals surface area contributed by atoms with Gasteiger partial charge >= 0.3 is 0 Å². The van der Waals surface area contributed by atoms with E-state index in [9.17, 15) is 13.2 Å². The lowest BCUT2D eigenvalue weighted by atomic mass is 9.94. The number of nitrogens with two attached hydrogens (primary N) is 1. The molecule has 0 unspecified atom stereocenters. The van der Waals surface area contributed by atoms with Crippen LogP contribution in [0.15, 0.2) is 0 Å². The minimum Gasteiger partial charge on any atom is -0.370 e. The number of carbonyl (C=O) groups is 1. The van der Waals surface area contributed by atoms with Crippen LogP contribution >= 0.6 is 0 Å². The normalized spacial score (nSPS) is 24.9. The minimum atomic E-state index is -3.31. The number of primary amides is 1. The average molecular weight is 303 g/mol. The lowest BCUT2D eigenvalue weighted by molar-refractivity contribution is -0.119. The van der Waals surface area contributed by atoms with E-state index >= 15 is 0 Å². The summed E-state index contributed by atoms with van der Waals surface area (Å²) < 4.78 is 28.3. The second kappa shape index (κ2) is 6.41. The molecule has 2 aliphatic rings. The summed E-state index contributed by atoms with van der Waals surface area (Å²) in [5.41, 5.74) is 5.19. The van der Waals surface area contributed by atoms with Crippen LogP contribution in [-0.4, -0.2) is 49.1 Å². The van der Waals surface area contributed by atoms with Crippen LogP contribution in [0.5, 0.6) is 0 Å². The average Bonchev–Trinajstić information content (AvgIpc) is 2.39. The van der Waals surface area contributed by atoms with Gasteiger partial charge in [0.05, 0.1) is 0 Å². The van der Waals surface area contributed by atoms with Gasteiger partial charge in [-0.2, -0.15) is 17.0 Å². The number of amides is 1. The molecule has 1 amide bonds. The summed E-state index contributed by atoms with van der Waals surface area (Å²) in [4.78, 5) is 10.9. The maximum atomic E-state index is 12.5. The Morgan fingerprint density at radius 3 is 1.95 bits per heavy atom. The van der Waals surface area contributed by atoms with Gasteiger partial charge in [0.15, 0.2) is 0 Å². The first-order valence-corrected chi connectivity index (χ1v) is 8.83. The summed E-state index contributed by atoms with van der Waals surface area (Å²) in [6.45, 7) is 4.44. The molecule has 2 saturated heterocycles. The molecular weight excluding hydrogens is 278 g/mol. The number of nitrogens with zero attached hydrogens (tertiary/aromatic N) is 2. The molecule has 0 aromatic rings. The predicted octanol–water partition coefficient (Wildman–Crippen LogP) is 0.551. The highest BCUT2D eigenvalue weighted by atomic mass is 32.2. The molecule has 2 fully saturated rings. The lowest BCUT2D eigenvalue weighted by Gasteiger charge is -2.37. The molecule has 7 heteroatoms. The van der Waals surface area contributed by atoms with Crippen LogP contribution in [0.25, 0.3) is 0 Å². The molecule has 0 spiro atoms. The Balaban J connectivity index is 1.90. The molecule has 2 heterocycles. The molecular formula is C13H25N3O3S. The summed E-state index contributed by atoms with van der Waals surface area (Å²) in [6.07, 6.45) is 3.71. The minimum absolute atomic E-state index is 0.236. The Hall–Kier alpha value is -0.660. The van der Waals surface area contributed by atoms with E-state index in [-0.39, 0.29) is 11.8 Å². The van der Waals surface area contributed by atoms with Crippen molar-refractivity contribution < 1.29 is 13.2 Å². The fraction of sp³-hybridized carbons (Fsp3) is 0.923. The first-order valence-electron chi connectivity index (χ1n) is 7.43. The molecule has 2 N–H and O–H groups in total. The van der Waals surface area contributed by atoms with Crippen LogP contribution in [0, 0.1) is 11.8 Å². The van der Waals surface area contributed by atoms with Gasteiger partial charge in [0.2, 0.25) is 5.91 Å². The largest absolute Gasteiger partial charge is 0.370 e. The Bertz CT molecular complexity index is 436. The third kappa shape index (κ3) is 3.71. The third-order valence-electron chi connectivity index (χ3n) is 4.46. The van der Waals surface area contributed by atoms with E-state index in [1.54, 1.807) is 8.61 Å². The predicted molar refractivity (Wildman–Crippen MR) is 77.0 cm³/mol. The van der Waals surface area contributed by atoms with Crippen molar-refractivity contribution in [2.24, 2.45) is 17.6 Å². The van der Waals surface area contributed by atoms with Crippen molar-refractivity contribution in [3.05, 3.63) is 0 Å². The van der Waals surface area contributed by atoms with Crippen molar-refractivity contribution in [1.29, 1.82) is 0 Å². The van der Waals surface area contributed by atoms with E-state index in [1.807, 2.05) is 0 Å². The SMILES string of the molecule is CC1CCN(S(=O)(=O)N2CCC(CC(N)=O)CC2)CC1. The van der Waals surface area contributed by atoms with Gasteiger partial charge in [0.1, 0.15) is 0 Å². The second-order valence-electron chi connectivity index (χ2n) is 6.10. The van der Waals surface area contributed by atoms with Crippen molar-refractivity contribution in [3.63, 3.8) is 0 Å². The van der Waals surface area contributed by atoms with E-state index < -0.39 is 10.2 Å². The Morgan fingerprint density at radius 1 is 1.05 bits per heavy atom. The van der Waals surface area contributed by atoms with Crippen LogP contribution in [0.2, 0.25) is 0 Å². The maximum Gasteiger partial charge on any atom is 0.281 e.